The van der Waals surface area contributed by atoms with E-state index in [9.17, 15) is 0 Å². The second-order valence-electron chi connectivity index (χ2n) is 6.10. The molecule has 24 heavy (non-hydrogen) atoms. The van der Waals surface area contributed by atoms with Crippen molar-refractivity contribution in [1.82, 2.24) is 20.1 Å². The third-order valence-electron chi connectivity index (χ3n) is 3.95. The van der Waals surface area contributed by atoms with Gasteiger partial charge in [0.15, 0.2) is 11.5 Å². The van der Waals surface area contributed by atoms with E-state index in [0.29, 0.717) is 6.61 Å². The minimum absolute atomic E-state index is 0.138. The highest BCUT2D eigenvalue weighted by Gasteiger charge is 2.18. The molecule has 130 valence electrons. The van der Waals surface area contributed by atoms with Crippen molar-refractivity contribution in [3.8, 4) is 11.5 Å². The Balaban J connectivity index is 1.43. The molecule has 1 aliphatic rings. The number of piperazine rings is 1. The summed E-state index contributed by atoms with van der Waals surface area (Å²) in [5.74, 6) is 2.47. The van der Waals surface area contributed by atoms with E-state index in [-0.39, 0.29) is 6.10 Å². The monoisotopic (exact) mass is 331 g/mol. The first-order chi connectivity index (χ1) is 11.7. The molecule has 1 aromatic heterocycles. The average Bonchev–Trinajstić information content (AvgIpc) is 3.11. The van der Waals surface area contributed by atoms with Gasteiger partial charge in [0.05, 0.1) is 6.10 Å². The second-order valence-corrected chi connectivity index (χ2v) is 6.10. The molecule has 7 heteroatoms. The molecule has 7 nitrogen and oxygen atoms in total. The van der Waals surface area contributed by atoms with Crippen molar-refractivity contribution < 1.29 is 9.47 Å². The van der Waals surface area contributed by atoms with Gasteiger partial charge < -0.3 is 14.4 Å². The average molecular weight is 331 g/mol. The summed E-state index contributed by atoms with van der Waals surface area (Å²) in [5, 5.41) is 6.82. The highest BCUT2D eigenvalue weighted by Crippen LogP contribution is 2.27. The van der Waals surface area contributed by atoms with Crippen LogP contribution in [0.15, 0.2) is 30.6 Å². The molecule has 1 aliphatic heterocycles. The third kappa shape index (κ3) is 4.38. The Morgan fingerprint density at radius 3 is 2.54 bits per heavy atom. The summed E-state index contributed by atoms with van der Waals surface area (Å²) in [4.78, 5) is 8.82. The molecule has 0 radical (unpaired) electrons. The van der Waals surface area contributed by atoms with E-state index in [0.717, 1.165) is 50.2 Å². The SMILES string of the molecule is CC(C)Oc1ccccc1OCCN1CCN(c2ncn[nH]2)CC1. The smallest absolute Gasteiger partial charge is 0.221 e. The Morgan fingerprint density at radius 2 is 1.88 bits per heavy atom. The van der Waals surface area contributed by atoms with Crippen molar-refractivity contribution in [3.05, 3.63) is 30.6 Å². The normalized spacial score (nSPS) is 15.7. The summed E-state index contributed by atoms with van der Waals surface area (Å²) in [6, 6.07) is 7.84. The van der Waals surface area contributed by atoms with Crippen LogP contribution in [-0.2, 0) is 0 Å². The fourth-order valence-corrected chi connectivity index (χ4v) is 2.74. The number of aromatic amines is 1. The molecule has 1 aromatic carbocycles. The van der Waals surface area contributed by atoms with Gasteiger partial charge in [-0.1, -0.05) is 12.1 Å². The van der Waals surface area contributed by atoms with Crippen LogP contribution < -0.4 is 14.4 Å². The van der Waals surface area contributed by atoms with Crippen LogP contribution >= 0.6 is 0 Å². The predicted molar refractivity (Wildman–Crippen MR) is 92.7 cm³/mol. The lowest BCUT2D eigenvalue weighted by molar-refractivity contribution is 0.186. The lowest BCUT2D eigenvalue weighted by Gasteiger charge is -2.34. The molecule has 1 saturated heterocycles. The molecule has 1 N–H and O–H groups in total. The van der Waals surface area contributed by atoms with E-state index in [2.05, 4.69) is 25.0 Å². The molecule has 0 unspecified atom stereocenters. The van der Waals surface area contributed by atoms with E-state index in [1.165, 1.54) is 0 Å². The minimum Gasteiger partial charge on any atom is -0.488 e. The Morgan fingerprint density at radius 1 is 1.12 bits per heavy atom. The fourth-order valence-electron chi connectivity index (χ4n) is 2.74. The summed E-state index contributed by atoms with van der Waals surface area (Å²) in [6.07, 6.45) is 1.69. The number of ether oxygens (including phenoxy) is 2. The molecule has 0 bridgehead atoms. The molecular weight excluding hydrogens is 306 g/mol. The van der Waals surface area contributed by atoms with Gasteiger partial charge in [-0.05, 0) is 26.0 Å². The number of hydrogen-bond donors (Lipinski definition) is 1. The molecule has 2 aromatic rings. The number of nitrogens with zero attached hydrogens (tertiary/aromatic N) is 4. The van der Waals surface area contributed by atoms with Gasteiger partial charge in [-0.3, -0.25) is 4.90 Å². The molecule has 0 saturated carbocycles. The van der Waals surface area contributed by atoms with Crippen molar-refractivity contribution in [2.45, 2.75) is 20.0 Å². The van der Waals surface area contributed by atoms with E-state index < -0.39 is 0 Å². The van der Waals surface area contributed by atoms with Crippen LogP contribution in [0.25, 0.3) is 0 Å². The van der Waals surface area contributed by atoms with Gasteiger partial charge >= 0.3 is 0 Å². The highest BCUT2D eigenvalue weighted by atomic mass is 16.5. The molecule has 0 spiro atoms. The van der Waals surface area contributed by atoms with Crippen LogP contribution in [0.4, 0.5) is 5.95 Å². The fraction of sp³-hybridized carbons (Fsp3) is 0.529. The number of aromatic nitrogens is 3. The summed E-state index contributed by atoms with van der Waals surface area (Å²) in [7, 11) is 0. The molecular formula is C17H25N5O2. The van der Waals surface area contributed by atoms with Gasteiger partial charge in [0.25, 0.3) is 0 Å². The first-order valence-corrected chi connectivity index (χ1v) is 8.43. The molecule has 1 fully saturated rings. The Bertz CT molecular complexity index is 609. The second kappa shape index (κ2) is 8.01. The van der Waals surface area contributed by atoms with E-state index in [1.54, 1.807) is 6.33 Å². The van der Waals surface area contributed by atoms with Gasteiger partial charge in [0.1, 0.15) is 12.9 Å². The number of hydrogen-bond acceptors (Lipinski definition) is 6. The number of rotatable bonds is 7. The number of anilines is 1. The summed E-state index contributed by atoms with van der Waals surface area (Å²) < 4.78 is 11.7. The van der Waals surface area contributed by atoms with E-state index in [1.807, 2.05) is 38.1 Å². The first-order valence-electron chi connectivity index (χ1n) is 8.43. The highest BCUT2D eigenvalue weighted by molar-refractivity contribution is 5.39. The molecule has 0 atom stereocenters. The minimum atomic E-state index is 0.138. The Kier molecular flexibility index (Phi) is 5.53. The van der Waals surface area contributed by atoms with Crippen molar-refractivity contribution in [2.24, 2.45) is 0 Å². The number of nitrogens with one attached hydrogen (secondary N) is 1. The van der Waals surface area contributed by atoms with Gasteiger partial charge in [0.2, 0.25) is 5.95 Å². The third-order valence-corrected chi connectivity index (χ3v) is 3.95. The zero-order chi connectivity index (χ0) is 16.8. The van der Waals surface area contributed by atoms with Gasteiger partial charge in [-0.2, -0.15) is 10.1 Å². The van der Waals surface area contributed by atoms with Gasteiger partial charge in [-0.25, -0.2) is 5.10 Å². The van der Waals surface area contributed by atoms with E-state index >= 15 is 0 Å². The van der Waals surface area contributed by atoms with Crippen molar-refractivity contribution in [1.29, 1.82) is 0 Å². The Hall–Kier alpha value is -2.28. The standard InChI is InChI=1S/C17H25N5O2/c1-14(2)24-16-6-4-3-5-15(16)23-12-11-21-7-9-22(10-8-21)17-18-13-19-20-17/h3-6,13-14H,7-12H2,1-2H3,(H,18,19,20). The number of H-pyrrole nitrogens is 1. The van der Waals surface area contributed by atoms with Gasteiger partial charge in [0, 0.05) is 32.7 Å². The van der Waals surface area contributed by atoms with Crippen LogP contribution in [0.2, 0.25) is 0 Å². The maximum absolute atomic E-state index is 5.93. The summed E-state index contributed by atoms with van der Waals surface area (Å²) >= 11 is 0. The van der Waals surface area contributed by atoms with Crippen LogP contribution in [0, 0.1) is 0 Å². The maximum atomic E-state index is 5.93. The van der Waals surface area contributed by atoms with Crippen molar-refractivity contribution in [3.63, 3.8) is 0 Å². The predicted octanol–water partition coefficient (Wildman–Crippen LogP) is 1.79. The maximum Gasteiger partial charge on any atom is 0.221 e. The topological polar surface area (TPSA) is 66.5 Å². The summed E-state index contributed by atoms with van der Waals surface area (Å²) in [6.45, 7) is 9.48. The first kappa shape index (κ1) is 16.6. The zero-order valence-corrected chi connectivity index (χ0v) is 14.3. The number of para-hydroxylation sites is 2. The molecule has 3 rings (SSSR count). The lowest BCUT2D eigenvalue weighted by atomic mass is 10.3. The van der Waals surface area contributed by atoms with Crippen LogP contribution in [-0.4, -0.2) is 65.5 Å². The molecule has 0 amide bonds. The summed E-state index contributed by atoms with van der Waals surface area (Å²) in [5.41, 5.74) is 0. The van der Waals surface area contributed by atoms with E-state index in [4.69, 9.17) is 9.47 Å². The lowest BCUT2D eigenvalue weighted by Crippen LogP contribution is -2.47. The van der Waals surface area contributed by atoms with Crippen molar-refractivity contribution >= 4 is 5.95 Å². The van der Waals surface area contributed by atoms with Crippen molar-refractivity contribution in [2.75, 3.05) is 44.2 Å². The molecule has 0 aliphatic carbocycles. The van der Waals surface area contributed by atoms with Crippen LogP contribution in [0.5, 0.6) is 11.5 Å². The van der Waals surface area contributed by atoms with Crippen LogP contribution in [0.1, 0.15) is 13.8 Å². The molecule has 2 heterocycles. The Labute approximate surface area is 142 Å². The largest absolute Gasteiger partial charge is 0.488 e. The number of benzene rings is 1. The van der Waals surface area contributed by atoms with Crippen LogP contribution in [0.3, 0.4) is 0 Å². The van der Waals surface area contributed by atoms with Gasteiger partial charge in [-0.15, -0.1) is 0 Å². The quantitative estimate of drug-likeness (QED) is 0.834. The zero-order valence-electron chi connectivity index (χ0n) is 14.3.